The van der Waals surface area contributed by atoms with Crippen molar-refractivity contribution in [2.45, 2.75) is 0 Å². The van der Waals surface area contributed by atoms with Crippen LogP contribution in [0, 0.1) is 0 Å². The largest absolute Gasteiger partial charge is 0.320 e. The van der Waals surface area contributed by atoms with Gasteiger partial charge in [0.2, 0.25) is 5.91 Å². The van der Waals surface area contributed by atoms with Gasteiger partial charge < -0.3 is 5.32 Å². The highest BCUT2D eigenvalue weighted by Crippen LogP contribution is 2.29. The van der Waals surface area contributed by atoms with Crippen LogP contribution in [-0.4, -0.2) is 28.4 Å². The van der Waals surface area contributed by atoms with Gasteiger partial charge in [-0.2, -0.15) is 0 Å². The Labute approximate surface area is 166 Å². The molecule has 0 radical (unpaired) electrons. The van der Waals surface area contributed by atoms with Gasteiger partial charge in [0.25, 0.3) is 5.91 Å². The Morgan fingerprint density at radius 1 is 1.12 bits per heavy atom. The Morgan fingerprint density at radius 2 is 1.88 bits per heavy atom. The maximum Gasteiger partial charge on any atom is 0.276 e. The standard InChI is InChI=1S/C17H10BrClN4O2S/c18-9-1-6-13-12(7-9)15(16(25)20-13)21-22-17-23(14(24)8-26-17)11-4-2-10(19)3-5-11/h1-7H,8H2,(H,20,21,25). The third-order valence-corrected chi connectivity index (χ3v) is 5.44. The van der Waals surface area contributed by atoms with Gasteiger partial charge in [0.05, 0.1) is 17.1 Å². The highest BCUT2D eigenvalue weighted by molar-refractivity contribution is 9.10. The number of hydrogen-bond donors (Lipinski definition) is 1. The highest BCUT2D eigenvalue weighted by atomic mass is 79.9. The van der Waals surface area contributed by atoms with Crippen LogP contribution in [0.1, 0.15) is 5.56 Å². The first-order chi connectivity index (χ1) is 12.5. The topological polar surface area (TPSA) is 74.1 Å². The van der Waals surface area contributed by atoms with Crippen LogP contribution < -0.4 is 10.2 Å². The van der Waals surface area contributed by atoms with E-state index in [2.05, 4.69) is 31.4 Å². The van der Waals surface area contributed by atoms with Crippen LogP contribution in [0.2, 0.25) is 5.02 Å². The highest BCUT2D eigenvalue weighted by Gasteiger charge is 2.31. The van der Waals surface area contributed by atoms with Crippen molar-refractivity contribution in [3.63, 3.8) is 0 Å². The van der Waals surface area contributed by atoms with E-state index in [9.17, 15) is 9.59 Å². The van der Waals surface area contributed by atoms with Gasteiger partial charge in [-0.15, -0.1) is 10.2 Å². The second-order valence-electron chi connectivity index (χ2n) is 5.47. The first-order valence-corrected chi connectivity index (χ1v) is 9.67. The molecular formula is C17H10BrClN4O2S. The molecule has 4 rings (SSSR count). The Kier molecular flexibility index (Phi) is 4.56. The lowest BCUT2D eigenvalue weighted by Crippen LogP contribution is -2.29. The molecule has 1 fully saturated rings. The van der Waals surface area contributed by atoms with Crippen molar-refractivity contribution < 1.29 is 9.59 Å². The number of fused-ring (bicyclic) bond motifs is 1. The summed E-state index contributed by atoms with van der Waals surface area (Å²) in [7, 11) is 0. The fraction of sp³-hybridized carbons (Fsp3) is 0.0588. The van der Waals surface area contributed by atoms with E-state index in [0.29, 0.717) is 27.1 Å². The summed E-state index contributed by atoms with van der Waals surface area (Å²) < 4.78 is 0.835. The fourth-order valence-corrected chi connectivity index (χ4v) is 3.90. The number of carbonyl (C=O) groups excluding carboxylic acids is 2. The molecule has 0 aliphatic carbocycles. The predicted octanol–water partition coefficient (Wildman–Crippen LogP) is 3.89. The summed E-state index contributed by atoms with van der Waals surface area (Å²) >= 11 is 10.6. The Balaban J connectivity index is 1.71. The number of anilines is 2. The first kappa shape index (κ1) is 17.3. The lowest BCUT2D eigenvalue weighted by Gasteiger charge is -2.15. The van der Waals surface area contributed by atoms with Crippen LogP contribution in [-0.2, 0) is 9.59 Å². The van der Waals surface area contributed by atoms with E-state index in [1.807, 2.05) is 6.07 Å². The summed E-state index contributed by atoms with van der Waals surface area (Å²) in [5, 5.41) is 12.0. The summed E-state index contributed by atoms with van der Waals surface area (Å²) in [6, 6.07) is 12.3. The molecule has 2 aliphatic heterocycles. The van der Waals surface area contributed by atoms with Gasteiger partial charge in [-0.3, -0.25) is 14.5 Å². The zero-order valence-corrected chi connectivity index (χ0v) is 16.2. The number of hydrogen-bond acceptors (Lipinski definition) is 5. The normalized spacial score (nSPS) is 19.4. The molecule has 26 heavy (non-hydrogen) atoms. The van der Waals surface area contributed by atoms with Crippen LogP contribution in [0.25, 0.3) is 0 Å². The molecule has 0 saturated carbocycles. The van der Waals surface area contributed by atoms with Crippen LogP contribution in [0.4, 0.5) is 11.4 Å². The smallest absolute Gasteiger partial charge is 0.276 e. The maximum absolute atomic E-state index is 12.2. The third-order valence-electron chi connectivity index (χ3n) is 3.79. The molecule has 1 saturated heterocycles. The van der Waals surface area contributed by atoms with Crippen molar-refractivity contribution in [1.29, 1.82) is 0 Å². The number of nitrogens with one attached hydrogen (secondary N) is 1. The average Bonchev–Trinajstić information content (AvgIpc) is 3.13. The second-order valence-corrected chi connectivity index (χ2v) is 7.76. The minimum Gasteiger partial charge on any atom is -0.320 e. The minimum absolute atomic E-state index is 0.102. The zero-order valence-electron chi connectivity index (χ0n) is 13.1. The molecule has 0 aromatic heterocycles. The summed E-state index contributed by atoms with van der Waals surface area (Å²) in [5.41, 5.74) is 2.22. The number of halogens is 2. The SMILES string of the molecule is O=C1Nc2ccc(Br)cc2C1=NN=C1SCC(=O)N1c1ccc(Cl)cc1. The van der Waals surface area contributed by atoms with Crippen molar-refractivity contribution in [2.24, 2.45) is 10.2 Å². The van der Waals surface area contributed by atoms with E-state index in [-0.39, 0.29) is 23.3 Å². The van der Waals surface area contributed by atoms with Crippen molar-refractivity contribution in [3.05, 3.63) is 57.5 Å². The summed E-state index contributed by atoms with van der Waals surface area (Å²) in [4.78, 5) is 25.9. The Morgan fingerprint density at radius 3 is 2.65 bits per heavy atom. The van der Waals surface area contributed by atoms with E-state index in [1.54, 1.807) is 36.4 Å². The molecule has 130 valence electrons. The van der Waals surface area contributed by atoms with Gasteiger partial charge >= 0.3 is 0 Å². The molecule has 0 atom stereocenters. The monoisotopic (exact) mass is 448 g/mol. The molecule has 0 spiro atoms. The summed E-state index contributed by atoms with van der Waals surface area (Å²) in [5.74, 6) is -0.161. The van der Waals surface area contributed by atoms with Crippen LogP contribution in [0.15, 0.2) is 57.1 Å². The van der Waals surface area contributed by atoms with E-state index in [0.717, 1.165) is 4.47 Å². The molecule has 2 aromatic rings. The van der Waals surface area contributed by atoms with Gasteiger partial charge in [0.1, 0.15) is 0 Å². The number of carbonyl (C=O) groups is 2. The minimum atomic E-state index is -0.324. The van der Waals surface area contributed by atoms with Gasteiger partial charge in [0, 0.05) is 15.1 Å². The number of amides is 2. The molecule has 2 aliphatic rings. The molecule has 2 heterocycles. The second kappa shape index (κ2) is 6.86. The van der Waals surface area contributed by atoms with Crippen LogP contribution in [0.5, 0.6) is 0 Å². The average molecular weight is 450 g/mol. The molecule has 2 aromatic carbocycles. The number of benzene rings is 2. The van der Waals surface area contributed by atoms with Crippen molar-refractivity contribution in [2.75, 3.05) is 16.0 Å². The number of amidine groups is 1. The summed E-state index contributed by atoms with van der Waals surface area (Å²) in [6.45, 7) is 0. The lowest BCUT2D eigenvalue weighted by atomic mass is 10.1. The van der Waals surface area contributed by atoms with Gasteiger partial charge in [0.15, 0.2) is 10.9 Å². The van der Waals surface area contributed by atoms with E-state index in [1.165, 1.54) is 16.7 Å². The molecule has 0 unspecified atom stereocenters. The summed E-state index contributed by atoms with van der Waals surface area (Å²) in [6.07, 6.45) is 0. The van der Waals surface area contributed by atoms with Gasteiger partial charge in [-0.25, -0.2) is 0 Å². The van der Waals surface area contributed by atoms with E-state index in [4.69, 9.17) is 11.6 Å². The molecule has 9 heteroatoms. The molecule has 1 N–H and O–H groups in total. The molecule has 6 nitrogen and oxygen atoms in total. The van der Waals surface area contributed by atoms with E-state index >= 15 is 0 Å². The fourth-order valence-electron chi connectivity index (χ4n) is 2.60. The van der Waals surface area contributed by atoms with Crippen molar-refractivity contribution in [3.8, 4) is 0 Å². The van der Waals surface area contributed by atoms with Gasteiger partial charge in [-0.1, -0.05) is 39.3 Å². The first-order valence-electron chi connectivity index (χ1n) is 7.51. The number of rotatable bonds is 2. The van der Waals surface area contributed by atoms with Crippen molar-refractivity contribution >= 4 is 73.4 Å². The molecular weight excluding hydrogens is 440 g/mol. The van der Waals surface area contributed by atoms with Gasteiger partial charge in [-0.05, 0) is 42.5 Å². The van der Waals surface area contributed by atoms with E-state index < -0.39 is 0 Å². The third kappa shape index (κ3) is 3.15. The quantitative estimate of drug-likeness (QED) is 0.707. The zero-order chi connectivity index (χ0) is 18.3. The molecule has 2 amide bonds. The van der Waals surface area contributed by atoms with Crippen LogP contribution >= 0.6 is 39.3 Å². The molecule has 0 bridgehead atoms. The number of nitrogens with zero attached hydrogens (tertiary/aromatic N) is 3. The maximum atomic E-state index is 12.2. The number of thioether (sulfide) groups is 1. The van der Waals surface area contributed by atoms with Crippen LogP contribution in [0.3, 0.4) is 0 Å². The predicted molar refractivity (Wildman–Crippen MR) is 108 cm³/mol. The van der Waals surface area contributed by atoms with Crippen molar-refractivity contribution in [1.82, 2.24) is 0 Å². The Hall–Kier alpha value is -2.16. The Bertz CT molecular complexity index is 991. The lowest BCUT2D eigenvalue weighted by molar-refractivity contribution is -0.115.